The molecule has 2 unspecified atom stereocenters. The van der Waals surface area contributed by atoms with Crippen LogP contribution in [0, 0.1) is 17.8 Å². The molecule has 3 aliphatic carbocycles. The molecule has 2 aliphatic heterocycles. The predicted molar refractivity (Wildman–Crippen MR) is 157 cm³/mol. The Morgan fingerprint density at radius 2 is 2.10 bits per heavy atom. The number of ether oxygens (including phenoxy) is 3. The molecule has 8 heteroatoms. The Morgan fingerprint density at radius 1 is 1.24 bits per heavy atom. The summed E-state index contributed by atoms with van der Waals surface area (Å²) in [6.45, 7) is 8.47. The number of esters is 1. The van der Waals surface area contributed by atoms with Crippen molar-refractivity contribution in [3.63, 3.8) is 0 Å². The van der Waals surface area contributed by atoms with Gasteiger partial charge in [-0.2, -0.15) is 0 Å². The molecule has 3 heterocycles. The van der Waals surface area contributed by atoms with Crippen LogP contribution >= 0.6 is 0 Å². The molecule has 5 aliphatic rings. The number of carbonyl (C=O) groups excluding carboxylic acids is 2. The van der Waals surface area contributed by atoms with Crippen LogP contribution in [0.1, 0.15) is 63.1 Å². The molecule has 1 spiro atoms. The molecule has 2 aromatic rings. The van der Waals surface area contributed by atoms with Gasteiger partial charge >= 0.3 is 5.97 Å². The van der Waals surface area contributed by atoms with Gasteiger partial charge in [0.25, 0.3) is 0 Å². The molecule has 1 aromatic heterocycles. The van der Waals surface area contributed by atoms with Crippen LogP contribution in [0.2, 0.25) is 0 Å². The van der Waals surface area contributed by atoms with Crippen molar-refractivity contribution < 1.29 is 28.2 Å². The molecule has 1 amide bonds. The maximum atomic E-state index is 13.9. The first-order valence-electron chi connectivity index (χ1n) is 15.6. The van der Waals surface area contributed by atoms with E-state index in [0.29, 0.717) is 30.3 Å². The molecule has 2 saturated carbocycles. The largest absolute Gasteiger partial charge is 0.493 e. The second-order valence-electron chi connectivity index (χ2n) is 13.4. The number of carbonyl (C=O) groups is 2. The SMILES string of the molecule is COc1ccc2c3c1O[C@H]1[C@H](N(CC(C)C)C(=O)C=Cc4ccoc4)CC[C@H]4[C@@H](C2)N(CC2CC2OC(C)=O)CC[C@@]341. The number of amides is 1. The second kappa shape index (κ2) is 10.5. The quantitative estimate of drug-likeness (QED) is 0.313. The van der Waals surface area contributed by atoms with Crippen LogP contribution in [-0.4, -0.2) is 72.7 Å². The van der Waals surface area contributed by atoms with Crippen LogP contribution in [0.25, 0.3) is 6.08 Å². The Morgan fingerprint density at radius 3 is 2.83 bits per heavy atom. The van der Waals surface area contributed by atoms with Gasteiger partial charge in [0, 0.05) is 54.6 Å². The summed E-state index contributed by atoms with van der Waals surface area (Å²) >= 11 is 0. The summed E-state index contributed by atoms with van der Waals surface area (Å²) in [5.41, 5.74) is 3.42. The van der Waals surface area contributed by atoms with Crippen molar-refractivity contribution in [3.8, 4) is 11.5 Å². The van der Waals surface area contributed by atoms with E-state index in [2.05, 4.69) is 35.8 Å². The smallest absolute Gasteiger partial charge is 0.302 e. The summed E-state index contributed by atoms with van der Waals surface area (Å²) < 4.78 is 23.6. The number of hydrogen-bond acceptors (Lipinski definition) is 7. The Kier molecular flexibility index (Phi) is 6.87. The first kappa shape index (κ1) is 27.6. The fourth-order valence-corrected chi connectivity index (χ4v) is 8.78. The molecule has 0 radical (unpaired) electrons. The third-order valence-corrected chi connectivity index (χ3v) is 10.5. The fourth-order valence-electron chi connectivity index (χ4n) is 8.78. The first-order chi connectivity index (χ1) is 20.3. The Bertz CT molecular complexity index is 1380. The van der Waals surface area contributed by atoms with Gasteiger partial charge in [0.05, 0.1) is 25.7 Å². The van der Waals surface area contributed by atoms with Crippen LogP contribution in [0.15, 0.2) is 41.2 Å². The average molecular weight is 575 g/mol. The lowest BCUT2D eigenvalue weighted by molar-refractivity contribution is -0.142. The van der Waals surface area contributed by atoms with Gasteiger partial charge in [0.15, 0.2) is 11.5 Å². The molecule has 42 heavy (non-hydrogen) atoms. The second-order valence-corrected chi connectivity index (χ2v) is 13.4. The molecule has 7 rings (SSSR count). The summed E-state index contributed by atoms with van der Waals surface area (Å²) in [7, 11) is 1.72. The highest BCUT2D eigenvalue weighted by atomic mass is 16.5. The minimum absolute atomic E-state index is 0.0199. The third kappa shape index (κ3) is 4.45. The van der Waals surface area contributed by atoms with Crippen molar-refractivity contribution in [2.45, 2.75) is 82.6 Å². The van der Waals surface area contributed by atoms with E-state index in [0.717, 1.165) is 62.3 Å². The lowest BCUT2D eigenvalue weighted by Crippen LogP contribution is -2.69. The Labute approximate surface area is 248 Å². The predicted octanol–water partition coefficient (Wildman–Crippen LogP) is 4.85. The van der Waals surface area contributed by atoms with Crippen LogP contribution in [-0.2, 0) is 26.2 Å². The van der Waals surface area contributed by atoms with Crippen molar-refractivity contribution in [2.24, 2.45) is 17.8 Å². The number of furan rings is 1. The van der Waals surface area contributed by atoms with E-state index in [-0.39, 0.29) is 35.5 Å². The van der Waals surface area contributed by atoms with E-state index in [1.807, 2.05) is 12.1 Å². The van der Waals surface area contributed by atoms with E-state index in [4.69, 9.17) is 18.6 Å². The molecule has 7 atom stereocenters. The molecule has 8 nitrogen and oxygen atoms in total. The molecule has 1 aromatic carbocycles. The van der Waals surface area contributed by atoms with Crippen molar-refractivity contribution in [1.82, 2.24) is 9.80 Å². The van der Waals surface area contributed by atoms with E-state index in [9.17, 15) is 9.59 Å². The first-order valence-corrected chi connectivity index (χ1v) is 15.6. The lowest BCUT2D eigenvalue weighted by Gasteiger charge is -2.60. The van der Waals surface area contributed by atoms with Gasteiger partial charge in [-0.25, -0.2) is 0 Å². The summed E-state index contributed by atoms with van der Waals surface area (Å²) in [4.78, 5) is 30.2. The number of nitrogens with zero attached hydrogens (tertiary/aromatic N) is 2. The lowest BCUT2D eigenvalue weighted by atomic mass is 9.51. The van der Waals surface area contributed by atoms with E-state index in [1.165, 1.54) is 18.1 Å². The normalized spacial score (nSPS) is 32.4. The van der Waals surface area contributed by atoms with Crippen LogP contribution in [0.4, 0.5) is 0 Å². The average Bonchev–Trinajstić information content (AvgIpc) is 3.31. The fraction of sp³-hybridized carbons (Fsp3) is 0.588. The zero-order valence-electron chi connectivity index (χ0n) is 25.1. The molecule has 2 bridgehead atoms. The zero-order valence-corrected chi connectivity index (χ0v) is 25.1. The van der Waals surface area contributed by atoms with Gasteiger partial charge in [0.2, 0.25) is 5.91 Å². The van der Waals surface area contributed by atoms with Crippen LogP contribution in [0.3, 0.4) is 0 Å². The van der Waals surface area contributed by atoms with E-state index >= 15 is 0 Å². The Hall–Kier alpha value is -3.26. The van der Waals surface area contributed by atoms with Gasteiger partial charge < -0.3 is 23.5 Å². The van der Waals surface area contributed by atoms with E-state index < -0.39 is 0 Å². The maximum Gasteiger partial charge on any atom is 0.302 e. The van der Waals surface area contributed by atoms with Crippen molar-refractivity contribution in [2.75, 3.05) is 26.7 Å². The Balaban J connectivity index is 1.23. The number of rotatable bonds is 9. The van der Waals surface area contributed by atoms with Crippen molar-refractivity contribution in [1.29, 1.82) is 0 Å². The zero-order chi connectivity index (χ0) is 29.2. The van der Waals surface area contributed by atoms with Gasteiger partial charge in [0.1, 0.15) is 12.2 Å². The highest BCUT2D eigenvalue weighted by Crippen LogP contribution is 2.64. The summed E-state index contributed by atoms with van der Waals surface area (Å²) in [6, 6.07) is 6.53. The van der Waals surface area contributed by atoms with Gasteiger partial charge in [-0.3, -0.25) is 14.5 Å². The minimum Gasteiger partial charge on any atom is -0.493 e. The molecular weight excluding hydrogens is 532 g/mol. The monoisotopic (exact) mass is 574 g/mol. The number of likely N-dealkylation sites (tertiary alicyclic amines) is 1. The topological polar surface area (TPSA) is 81.5 Å². The highest BCUT2D eigenvalue weighted by molar-refractivity contribution is 5.92. The summed E-state index contributed by atoms with van der Waals surface area (Å²) in [5, 5.41) is 0. The van der Waals surface area contributed by atoms with Crippen LogP contribution in [0.5, 0.6) is 11.5 Å². The summed E-state index contributed by atoms with van der Waals surface area (Å²) in [6.07, 6.45) is 11.6. The third-order valence-electron chi connectivity index (χ3n) is 10.5. The van der Waals surface area contributed by atoms with Crippen LogP contribution < -0.4 is 9.47 Å². The van der Waals surface area contributed by atoms with Gasteiger partial charge in [-0.05, 0) is 74.3 Å². The van der Waals surface area contributed by atoms with Crippen molar-refractivity contribution in [3.05, 3.63) is 53.5 Å². The van der Waals surface area contributed by atoms with Gasteiger partial charge in [-0.1, -0.05) is 19.9 Å². The van der Waals surface area contributed by atoms with E-state index in [1.54, 1.807) is 25.7 Å². The van der Waals surface area contributed by atoms with Gasteiger partial charge in [-0.15, -0.1) is 0 Å². The number of benzene rings is 1. The molecule has 1 saturated heterocycles. The minimum atomic E-state index is -0.183. The number of methoxy groups -OCH3 is 1. The number of hydrogen-bond donors (Lipinski definition) is 0. The number of piperidine rings is 1. The molecule has 3 fully saturated rings. The standard InChI is InChI=1S/C34H42N2O6/c1-20(2)17-36(30(38)10-5-22-11-14-40-19-22)26-8-7-25-27-15-23-6-9-28(39-4)32-31(23)34(25,33(26)42-32)12-13-35(27)18-24-16-29(24)41-21(3)37/h5-6,9-11,14,19-20,24-27,29,33H,7-8,12-13,15-18H2,1-4H3/t24?,25-,26+,27+,29?,33-,34-/m0/s1. The van der Waals surface area contributed by atoms with Crippen molar-refractivity contribution >= 4 is 18.0 Å². The molecular formula is C34H42N2O6. The maximum absolute atomic E-state index is 13.9. The molecule has 224 valence electrons. The highest BCUT2D eigenvalue weighted by Gasteiger charge is 2.67. The summed E-state index contributed by atoms with van der Waals surface area (Å²) in [5.74, 6) is 2.71. The molecule has 0 N–H and O–H groups in total.